The van der Waals surface area contributed by atoms with E-state index in [1.807, 2.05) is 43.4 Å². The number of benzene rings is 2. The largest absolute Gasteiger partial charge is 0.358 e. The van der Waals surface area contributed by atoms with Crippen LogP contribution in [0.1, 0.15) is 57.6 Å². The first kappa shape index (κ1) is 26.2. The maximum Gasteiger partial charge on any atom is 0.245 e. The Morgan fingerprint density at radius 1 is 0.971 bits per heavy atom. The molecule has 5 nitrogen and oxygen atoms in total. The lowest BCUT2D eigenvalue weighted by Crippen LogP contribution is -2.59. The number of amides is 1. The molecule has 184 valence electrons. The first-order chi connectivity index (χ1) is 16.2. The number of carbonyl (C=O) groups excluding carboxylic acids is 1. The topological polar surface area (TPSA) is 56.4 Å². The molecule has 0 unspecified atom stereocenters. The zero-order chi connectivity index (χ0) is 24.6. The van der Waals surface area contributed by atoms with E-state index in [0.717, 1.165) is 24.9 Å². The summed E-state index contributed by atoms with van der Waals surface area (Å²) in [6.45, 7) is 7.64. The second kappa shape index (κ2) is 12.3. The Hall–Kier alpha value is -2.44. The van der Waals surface area contributed by atoms with Gasteiger partial charge >= 0.3 is 0 Å². The highest BCUT2D eigenvalue weighted by molar-refractivity contribution is 7.80. The molecule has 0 bridgehead atoms. The normalized spacial score (nSPS) is 19.2. The minimum absolute atomic E-state index is 0.0444. The smallest absolute Gasteiger partial charge is 0.245 e. The van der Waals surface area contributed by atoms with Crippen molar-refractivity contribution in [1.29, 1.82) is 0 Å². The summed E-state index contributed by atoms with van der Waals surface area (Å²) in [5, 5.41) is 11.2. The van der Waals surface area contributed by atoms with Crippen LogP contribution in [-0.2, 0) is 17.9 Å². The summed E-state index contributed by atoms with van der Waals surface area (Å²) in [6.07, 6.45) is 4.59. The van der Waals surface area contributed by atoms with Crippen molar-refractivity contribution in [2.24, 2.45) is 5.41 Å². The lowest BCUT2D eigenvalue weighted by atomic mass is 9.85. The molecule has 2 aromatic rings. The van der Waals surface area contributed by atoms with Crippen LogP contribution < -0.4 is 16.0 Å². The quantitative estimate of drug-likeness (QED) is 0.481. The highest BCUT2D eigenvalue weighted by atomic mass is 32.1. The Labute approximate surface area is 210 Å². The van der Waals surface area contributed by atoms with Crippen LogP contribution in [0, 0.1) is 5.41 Å². The van der Waals surface area contributed by atoms with Gasteiger partial charge in [0.15, 0.2) is 5.11 Å². The molecular weight excluding hydrogens is 440 g/mol. The summed E-state index contributed by atoms with van der Waals surface area (Å²) in [4.78, 5) is 15.2. The minimum Gasteiger partial charge on any atom is -0.358 e. The van der Waals surface area contributed by atoms with Crippen LogP contribution >= 0.6 is 12.2 Å². The molecule has 2 aromatic carbocycles. The molecule has 3 rings (SSSR count). The summed E-state index contributed by atoms with van der Waals surface area (Å²) in [5.74, 6) is 0.0444. The van der Waals surface area contributed by atoms with Gasteiger partial charge in [-0.3, -0.25) is 4.79 Å². The van der Waals surface area contributed by atoms with E-state index in [1.165, 1.54) is 18.4 Å². The fourth-order valence-electron chi connectivity index (χ4n) is 4.54. The van der Waals surface area contributed by atoms with Gasteiger partial charge in [0, 0.05) is 32.2 Å². The van der Waals surface area contributed by atoms with Crippen molar-refractivity contribution in [2.45, 2.75) is 77.7 Å². The fraction of sp³-hybridized carbons (Fsp3) is 0.500. The van der Waals surface area contributed by atoms with Gasteiger partial charge in [-0.15, -0.1) is 0 Å². The molecule has 0 spiro atoms. The molecule has 0 saturated heterocycles. The van der Waals surface area contributed by atoms with Crippen molar-refractivity contribution in [3.8, 4) is 0 Å². The third kappa shape index (κ3) is 7.81. The van der Waals surface area contributed by atoms with Gasteiger partial charge < -0.3 is 20.9 Å². The number of rotatable bonds is 8. The fourth-order valence-corrected chi connectivity index (χ4v) is 4.81. The van der Waals surface area contributed by atoms with E-state index < -0.39 is 6.04 Å². The summed E-state index contributed by atoms with van der Waals surface area (Å²) in [5.41, 5.74) is 2.11. The van der Waals surface area contributed by atoms with Gasteiger partial charge in [0.05, 0.1) is 0 Å². The van der Waals surface area contributed by atoms with Gasteiger partial charge in [0.2, 0.25) is 5.91 Å². The molecule has 0 radical (unpaired) electrons. The van der Waals surface area contributed by atoms with Crippen LogP contribution in [0.5, 0.6) is 0 Å². The first-order valence-corrected chi connectivity index (χ1v) is 12.8. The number of carbonyl (C=O) groups is 1. The Bertz CT molecular complexity index is 913. The van der Waals surface area contributed by atoms with Crippen LogP contribution in [-0.4, -0.2) is 41.1 Å². The van der Waals surface area contributed by atoms with Gasteiger partial charge in [-0.05, 0) is 41.6 Å². The molecule has 0 aromatic heterocycles. The van der Waals surface area contributed by atoms with E-state index in [1.54, 1.807) is 4.90 Å². The number of nitrogens with zero attached hydrogens (tertiary/aromatic N) is 1. The van der Waals surface area contributed by atoms with Crippen molar-refractivity contribution in [3.63, 3.8) is 0 Å². The maximum absolute atomic E-state index is 13.4. The van der Waals surface area contributed by atoms with Crippen LogP contribution in [0.3, 0.4) is 0 Å². The summed E-state index contributed by atoms with van der Waals surface area (Å²) in [7, 11) is 1.86. The third-order valence-corrected chi connectivity index (χ3v) is 6.76. The predicted octanol–water partition coefficient (Wildman–Crippen LogP) is 4.62. The van der Waals surface area contributed by atoms with E-state index in [0.29, 0.717) is 17.7 Å². The maximum atomic E-state index is 13.4. The van der Waals surface area contributed by atoms with Crippen molar-refractivity contribution >= 4 is 23.2 Å². The number of nitrogens with one attached hydrogen (secondary N) is 3. The number of thiocarbonyl (C=S) groups is 1. The van der Waals surface area contributed by atoms with E-state index in [4.69, 9.17) is 12.2 Å². The van der Waals surface area contributed by atoms with Crippen molar-refractivity contribution in [2.75, 3.05) is 7.05 Å². The summed E-state index contributed by atoms with van der Waals surface area (Å²) < 4.78 is 0. The van der Waals surface area contributed by atoms with E-state index in [2.05, 4.69) is 61.0 Å². The zero-order valence-corrected chi connectivity index (χ0v) is 21.8. The van der Waals surface area contributed by atoms with Crippen molar-refractivity contribution in [3.05, 3.63) is 71.8 Å². The van der Waals surface area contributed by atoms with Crippen LogP contribution in [0.15, 0.2) is 60.7 Å². The SMILES string of the molecule is CN(Cc1ccccc1)C(=O)[C@@H](NC(=S)N[C@@H]1CCCC[C@H]1NCc1ccccc1)C(C)(C)C. The molecule has 1 amide bonds. The van der Waals surface area contributed by atoms with E-state index in [-0.39, 0.29) is 17.4 Å². The first-order valence-electron chi connectivity index (χ1n) is 12.4. The Kier molecular flexibility index (Phi) is 9.48. The number of hydrogen-bond acceptors (Lipinski definition) is 3. The minimum atomic E-state index is -0.416. The molecule has 1 aliphatic rings. The molecule has 1 fully saturated rings. The highest BCUT2D eigenvalue weighted by Crippen LogP contribution is 2.23. The zero-order valence-electron chi connectivity index (χ0n) is 21.0. The average Bonchev–Trinajstić information content (AvgIpc) is 2.82. The summed E-state index contributed by atoms with van der Waals surface area (Å²) in [6, 6.07) is 20.7. The van der Waals surface area contributed by atoms with E-state index >= 15 is 0 Å². The molecule has 1 aliphatic carbocycles. The molecule has 1 saturated carbocycles. The molecule has 6 heteroatoms. The Morgan fingerprint density at radius 3 is 2.12 bits per heavy atom. The number of hydrogen-bond donors (Lipinski definition) is 3. The summed E-state index contributed by atoms with van der Waals surface area (Å²) >= 11 is 5.73. The number of likely N-dealkylation sites (N-methyl/N-ethyl adjacent to an activating group) is 1. The lowest BCUT2D eigenvalue weighted by Gasteiger charge is -2.37. The molecule has 34 heavy (non-hydrogen) atoms. The highest BCUT2D eigenvalue weighted by Gasteiger charge is 2.35. The van der Waals surface area contributed by atoms with Gasteiger partial charge in [0.25, 0.3) is 0 Å². The van der Waals surface area contributed by atoms with Gasteiger partial charge in [-0.2, -0.15) is 0 Å². The van der Waals surface area contributed by atoms with Crippen molar-refractivity contribution in [1.82, 2.24) is 20.9 Å². The second-order valence-electron chi connectivity index (χ2n) is 10.5. The van der Waals surface area contributed by atoms with Crippen LogP contribution in [0.2, 0.25) is 0 Å². The van der Waals surface area contributed by atoms with Gasteiger partial charge in [-0.1, -0.05) is 94.3 Å². The second-order valence-corrected chi connectivity index (χ2v) is 10.9. The Morgan fingerprint density at radius 2 is 1.53 bits per heavy atom. The lowest BCUT2D eigenvalue weighted by molar-refractivity contribution is -0.134. The van der Waals surface area contributed by atoms with Crippen LogP contribution in [0.4, 0.5) is 0 Å². The monoisotopic (exact) mass is 480 g/mol. The van der Waals surface area contributed by atoms with Crippen LogP contribution in [0.25, 0.3) is 0 Å². The van der Waals surface area contributed by atoms with E-state index in [9.17, 15) is 4.79 Å². The molecule has 3 atom stereocenters. The standard InChI is InChI=1S/C28H40N4OS/c1-28(2,3)25(26(33)32(4)20-22-15-9-6-10-16-22)31-27(34)30-24-18-12-11-17-23(24)29-19-21-13-7-5-8-14-21/h5-10,13-16,23-25,29H,11-12,17-20H2,1-4H3,(H2,30,31,34)/t23-,24-,25-/m1/s1. The third-order valence-electron chi connectivity index (χ3n) is 6.52. The Balaban J connectivity index is 1.60. The predicted molar refractivity (Wildman–Crippen MR) is 144 cm³/mol. The molecule has 0 heterocycles. The molecular formula is C28H40N4OS. The molecule has 0 aliphatic heterocycles. The van der Waals surface area contributed by atoms with Gasteiger partial charge in [-0.25, -0.2) is 0 Å². The van der Waals surface area contributed by atoms with Crippen molar-refractivity contribution < 1.29 is 4.79 Å². The van der Waals surface area contributed by atoms with Gasteiger partial charge in [0.1, 0.15) is 6.04 Å². The molecule has 3 N–H and O–H groups in total. The average molecular weight is 481 g/mol.